The second kappa shape index (κ2) is 5.04. The molecule has 1 aliphatic carbocycles. The number of amides is 1. The van der Waals surface area contributed by atoms with E-state index in [2.05, 4.69) is 10.4 Å². The first kappa shape index (κ1) is 13.0. The maximum atomic E-state index is 11.6. The zero-order valence-corrected chi connectivity index (χ0v) is 9.85. The van der Waals surface area contributed by atoms with Crippen molar-refractivity contribution in [2.24, 2.45) is 5.92 Å². The van der Waals surface area contributed by atoms with Gasteiger partial charge in [0.1, 0.15) is 25.0 Å². The van der Waals surface area contributed by atoms with Gasteiger partial charge in [0.25, 0.3) is 0 Å². The zero-order valence-electron chi connectivity index (χ0n) is 9.85. The van der Waals surface area contributed by atoms with Gasteiger partial charge in [0.05, 0.1) is 4.92 Å². The number of rotatable bonds is 6. The second-order valence-corrected chi connectivity index (χ2v) is 4.37. The van der Waals surface area contributed by atoms with E-state index in [4.69, 9.17) is 5.11 Å². The van der Waals surface area contributed by atoms with E-state index in [1.165, 1.54) is 0 Å². The van der Waals surface area contributed by atoms with Crippen LogP contribution in [0.1, 0.15) is 12.8 Å². The molecule has 1 aromatic rings. The minimum Gasteiger partial charge on any atom is -0.480 e. The molecule has 1 aromatic heterocycles. The van der Waals surface area contributed by atoms with E-state index < -0.39 is 22.8 Å². The van der Waals surface area contributed by atoms with Gasteiger partial charge >= 0.3 is 11.7 Å². The fourth-order valence-corrected chi connectivity index (χ4v) is 1.71. The van der Waals surface area contributed by atoms with Crippen molar-refractivity contribution in [2.75, 3.05) is 0 Å². The molecule has 0 radical (unpaired) electrons. The second-order valence-electron chi connectivity index (χ2n) is 4.37. The summed E-state index contributed by atoms with van der Waals surface area (Å²) in [6.45, 7) is -0.246. The Balaban J connectivity index is 1.92. The number of nitro groups is 1. The Hall–Kier alpha value is -2.45. The smallest absolute Gasteiger partial charge is 0.326 e. The van der Waals surface area contributed by atoms with E-state index in [9.17, 15) is 19.7 Å². The van der Waals surface area contributed by atoms with Crippen LogP contribution >= 0.6 is 0 Å². The third-order valence-electron chi connectivity index (χ3n) is 2.81. The number of carbonyl (C=O) groups is 2. The lowest BCUT2D eigenvalue weighted by atomic mass is 10.2. The molecule has 19 heavy (non-hydrogen) atoms. The first-order valence-electron chi connectivity index (χ1n) is 5.66. The number of carbonyl (C=O) groups excluding carboxylic acids is 1. The highest BCUT2D eigenvalue weighted by Crippen LogP contribution is 2.32. The third-order valence-corrected chi connectivity index (χ3v) is 2.81. The van der Waals surface area contributed by atoms with Crippen LogP contribution < -0.4 is 5.32 Å². The van der Waals surface area contributed by atoms with Crippen molar-refractivity contribution in [1.29, 1.82) is 0 Å². The quantitative estimate of drug-likeness (QED) is 0.542. The molecule has 1 saturated carbocycles. The normalized spacial score (nSPS) is 15.8. The lowest BCUT2D eigenvalue weighted by Crippen LogP contribution is -2.43. The summed E-state index contributed by atoms with van der Waals surface area (Å²) in [7, 11) is 0. The molecule has 0 aliphatic heterocycles. The Morgan fingerprint density at radius 1 is 1.63 bits per heavy atom. The van der Waals surface area contributed by atoms with Gasteiger partial charge in [0.2, 0.25) is 5.91 Å². The molecular weight excluding hydrogens is 256 g/mol. The molecule has 2 rings (SSSR count). The Morgan fingerprint density at radius 3 is 2.79 bits per heavy atom. The highest BCUT2D eigenvalue weighted by molar-refractivity contribution is 5.83. The summed E-state index contributed by atoms with van der Waals surface area (Å²) < 4.78 is 1.10. The summed E-state index contributed by atoms with van der Waals surface area (Å²) >= 11 is 0. The number of hydrogen-bond donors (Lipinski definition) is 2. The van der Waals surface area contributed by atoms with E-state index >= 15 is 0 Å². The van der Waals surface area contributed by atoms with E-state index in [1.54, 1.807) is 0 Å². The summed E-state index contributed by atoms with van der Waals surface area (Å²) in [6.07, 6.45) is 3.71. The zero-order chi connectivity index (χ0) is 14.0. The van der Waals surface area contributed by atoms with Crippen LogP contribution in [0, 0.1) is 16.0 Å². The highest BCUT2D eigenvalue weighted by Gasteiger charge is 2.37. The van der Waals surface area contributed by atoms with Gasteiger partial charge in [-0.3, -0.25) is 19.6 Å². The first-order chi connectivity index (χ1) is 8.97. The molecule has 1 heterocycles. The van der Waals surface area contributed by atoms with Crippen LogP contribution in [0.25, 0.3) is 0 Å². The molecule has 102 valence electrons. The molecule has 9 heteroatoms. The van der Waals surface area contributed by atoms with Gasteiger partial charge in [-0.25, -0.2) is 4.79 Å². The fourth-order valence-electron chi connectivity index (χ4n) is 1.71. The minimum absolute atomic E-state index is 0.0200. The highest BCUT2D eigenvalue weighted by atomic mass is 16.6. The molecular formula is C10H12N4O5. The molecule has 0 bridgehead atoms. The SMILES string of the molecule is O=C(Cn1cc([N+](=O)[O-])cn1)NC(C(=O)O)C1CC1. The molecule has 1 atom stereocenters. The number of aromatic nitrogens is 2. The molecule has 1 fully saturated rings. The lowest BCUT2D eigenvalue weighted by Gasteiger charge is -2.13. The fraction of sp³-hybridized carbons (Fsp3) is 0.500. The summed E-state index contributed by atoms with van der Waals surface area (Å²) in [5.74, 6) is -1.62. The average molecular weight is 268 g/mol. The molecule has 1 unspecified atom stereocenters. The first-order valence-corrected chi connectivity index (χ1v) is 5.66. The van der Waals surface area contributed by atoms with Gasteiger partial charge in [-0.1, -0.05) is 0 Å². The van der Waals surface area contributed by atoms with Crippen LogP contribution in [0.5, 0.6) is 0 Å². The number of carboxylic acid groups (broad SMARTS) is 1. The largest absolute Gasteiger partial charge is 0.480 e. The van der Waals surface area contributed by atoms with Crippen molar-refractivity contribution >= 4 is 17.6 Å². The summed E-state index contributed by atoms with van der Waals surface area (Å²) in [5, 5.41) is 25.4. The Morgan fingerprint density at radius 2 is 2.32 bits per heavy atom. The van der Waals surface area contributed by atoms with Crippen LogP contribution in [0.4, 0.5) is 5.69 Å². The summed E-state index contributed by atoms with van der Waals surface area (Å²) in [4.78, 5) is 32.4. The molecule has 9 nitrogen and oxygen atoms in total. The molecule has 0 saturated heterocycles. The van der Waals surface area contributed by atoms with Gasteiger partial charge in [0.15, 0.2) is 0 Å². The van der Waals surface area contributed by atoms with Gasteiger partial charge < -0.3 is 10.4 Å². The van der Waals surface area contributed by atoms with Crippen molar-refractivity contribution in [3.05, 3.63) is 22.5 Å². The standard InChI is InChI=1S/C10H12N4O5/c15-8(12-9(10(16)17)6-1-2-6)5-13-4-7(3-11-13)14(18)19/h3-4,6,9H,1-2,5H2,(H,12,15)(H,16,17). The number of aliphatic carboxylic acids is 1. The number of nitrogens with zero attached hydrogens (tertiary/aromatic N) is 3. The van der Waals surface area contributed by atoms with Crippen molar-refractivity contribution in [1.82, 2.24) is 15.1 Å². The van der Waals surface area contributed by atoms with Gasteiger partial charge in [-0.2, -0.15) is 5.10 Å². The molecule has 2 N–H and O–H groups in total. The molecule has 1 aliphatic rings. The number of hydrogen-bond acceptors (Lipinski definition) is 5. The van der Waals surface area contributed by atoms with Crippen molar-refractivity contribution < 1.29 is 19.6 Å². The summed E-state index contributed by atoms with van der Waals surface area (Å²) in [5.41, 5.74) is -0.218. The van der Waals surface area contributed by atoms with E-state index in [-0.39, 0.29) is 18.2 Å². The van der Waals surface area contributed by atoms with Crippen molar-refractivity contribution in [3.8, 4) is 0 Å². The van der Waals surface area contributed by atoms with Crippen LogP contribution in [-0.2, 0) is 16.1 Å². The Labute approximate surface area is 107 Å². The monoisotopic (exact) mass is 268 g/mol. The molecule has 0 aromatic carbocycles. The maximum Gasteiger partial charge on any atom is 0.326 e. The van der Waals surface area contributed by atoms with E-state index in [0.29, 0.717) is 0 Å². The predicted octanol–water partition coefficient (Wildman–Crippen LogP) is -0.229. The van der Waals surface area contributed by atoms with Crippen LogP contribution in [0.3, 0.4) is 0 Å². The predicted molar refractivity (Wildman–Crippen MR) is 61.2 cm³/mol. The van der Waals surface area contributed by atoms with E-state index in [0.717, 1.165) is 29.9 Å². The lowest BCUT2D eigenvalue weighted by molar-refractivity contribution is -0.385. The minimum atomic E-state index is -1.07. The van der Waals surface area contributed by atoms with Gasteiger partial charge in [-0.15, -0.1) is 0 Å². The number of nitrogens with one attached hydrogen (secondary N) is 1. The average Bonchev–Trinajstić information content (AvgIpc) is 3.05. The van der Waals surface area contributed by atoms with Crippen LogP contribution in [0.15, 0.2) is 12.4 Å². The summed E-state index contributed by atoms with van der Waals surface area (Å²) in [6, 6.07) is -0.891. The van der Waals surface area contributed by atoms with Crippen molar-refractivity contribution in [3.63, 3.8) is 0 Å². The maximum absolute atomic E-state index is 11.6. The molecule has 0 spiro atoms. The Bertz CT molecular complexity index is 522. The number of carboxylic acids is 1. The van der Waals surface area contributed by atoms with Gasteiger partial charge in [-0.05, 0) is 18.8 Å². The van der Waals surface area contributed by atoms with Gasteiger partial charge in [0, 0.05) is 0 Å². The van der Waals surface area contributed by atoms with Crippen LogP contribution in [0.2, 0.25) is 0 Å². The molecule has 1 amide bonds. The topological polar surface area (TPSA) is 127 Å². The van der Waals surface area contributed by atoms with Crippen molar-refractivity contribution in [2.45, 2.75) is 25.4 Å². The third kappa shape index (κ3) is 3.27. The van der Waals surface area contributed by atoms with E-state index in [1.807, 2.05) is 0 Å². The van der Waals surface area contributed by atoms with Crippen LogP contribution in [-0.4, -0.2) is 37.7 Å². The Kier molecular flexibility index (Phi) is 3.45.